The van der Waals surface area contributed by atoms with Crippen molar-refractivity contribution >= 4 is 15.9 Å². The standard InChI is InChI=1S/C5BrF4N/c6-1-2(7)3(8)5(10)11-4(1)9. The Morgan fingerprint density at radius 2 is 1.45 bits per heavy atom. The van der Waals surface area contributed by atoms with E-state index in [1.165, 1.54) is 0 Å². The number of nitrogens with zero attached hydrogens (tertiary/aromatic N) is 1. The fraction of sp³-hybridized carbons (Fsp3) is 0. The van der Waals surface area contributed by atoms with Gasteiger partial charge in [0.05, 0.1) is 0 Å². The number of halogens is 5. The van der Waals surface area contributed by atoms with Crippen molar-refractivity contribution in [3.8, 4) is 0 Å². The Bertz CT molecular complexity index is 275. The van der Waals surface area contributed by atoms with Crippen LogP contribution in [0.15, 0.2) is 4.47 Å². The molecule has 6 heteroatoms. The van der Waals surface area contributed by atoms with Crippen molar-refractivity contribution in [3.05, 3.63) is 28.0 Å². The van der Waals surface area contributed by atoms with Crippen LogP contribution < -0.4 is 0 Å². The van der Waals surface area contributed by atoms with Crippen LogP contribution in [0.3, 0.4) is 0 Å². The molecule has 0 amide bonds. The third-order valence-electron chi connectivity index (χ3n) is 0.944. The van der Waals surface area contributed by atoms with E-state index in [2.05, 4.69) is 20.9 Å². The van der Waals surface area contributed by atoms with Gasteiger partial charge in [-0.05, 0) is 15.9 Å². The van der Waals surface area contributed by atoms with Gasteiger partial charge in [0.25, 0.3) is 5.95 Å². The average Bonchev–Trinajstić information content (AvgIpc) is 1.97. The second-order valence-corrected chi connectivity index (χ2v) is 2.43. The molecule has 1 aromatic rings. The Kier molecular flexibility index (Phi) is 2.12. The van der Waals surface area contributed by atoms with Crippen LogP contribution in [0.25, 0.3) is 0 Å². The number of hydrogen-bond acceptors (Lipinski definition) is 1. The number of aromatic nitrogens is 1. The van der Waals surface area contributed by atoms with Crippen LogP contribution >= 0.6 is 15.9 Å². The zero-order valence-electron chi connectivity index (χ0n) is 4.84. The lowest BCUT2D eigenvalue weighted by Crippen LogP contribution is -1.99. The van der Waals surface area contributed by atoms with Gasteiger partial charge < -0.3 is 0 Å². The first-order valence-electron chi connectivity index (χ1n) is 2.39. The molecule has 0 saturated carbocycles. The van der Waals surface area contributed by atoms with Crippen molar-refractivity contribution in [2.75, 3.05) is 0 Å². The lowest BCUT2D eigenvalue weighted by molar-refractivity contribution is 0.396. The highest BCUT2D eigenvalue weighted by Gasteiger charge is 2.17. The van der Waals surface area contributed by atoms with Crippen LogP contribution in [0, 0.1) is 23.5 Å². The Hall–Kier alpha value is -0.650. The topological polar surface area (TPSA) is 12.9 Å². The van der Waals surface area contributed by atoms with Crippen LogP contribution in [0.5, 0.6) is 0 Å². The minimum absolute atomic E-state index is 0.809. The zero-order chi connectivity index (χ0) is 8.59. The van der Waals surface area contributed by atoms with Crippen molar-refractivity contribution in [1.29, 1.82) is 0 Å². The second kappa shape index (κ2) is 2.77. The van der Waals surface area contributed by atoms with E-state index in [9.17, 15) is 17.6 Å². The van der Waals surface area contributed by atoms with Gasteiger partial charge in [-0.25, -0.2) is 4.39 Å². The van der Waals surface area contributed by atoms with Gasteiger partial charge in [-0.3, -0.25) is 0 Å². The fourth-order valence-electron chi connectivity index (χ4n) is 0.462. The van der Waals surface area contributed by atoms with Crippen LogP contribution in [0.1, 0.15) is 0 Å². The van der Waals surface area contributed by atoms with Gasteiger partial charge in [-0.1, -0.05) is 0 Å². The largest absolute Gasteiger partial charge is 0.254 e. The molecule has 60 valence electrons. The predicted octanol–water partition coefficient (Wildman–Crippen LogP) is 2.40. The van der Waals surface area contributed by atoms with Crippen molar-refractivity contribution < 1.29 is 17.6 Å². The highest BCUT2D eigenvalue weighted by Crippen LogP contribution is 2.21. The summed E-state index contributed by atoms with van der Waals surface area (Å²) in [6.07, 6.45) is 0. The van der Waals surface area contributed by atoms with Gasteiger partial charge >= 0.3 is 0 Å². The highest BCUT2D eigenvalue weighted by molar-refractivity contribution is 9.10. The summed E-state index contributed by atoms with van der Waals surface area (Å²) in [5.41, 5.74) is 0. The molecule has 1 rings (SSSR count). The predicted molar refractivity (Wildman–Crippen MR) is 31.8 cm³/mol. The average molecular weight is 230 g/mol. The van der Waals surface area contributed by atoms with E-state index in [1.807, 2.05) is 0 Å². The molecule has 0 radical (unpaired) electrons. The van der Waals surface area contributed by atoms with Gasteiger partial charge in [-0.15, -0.1) is 0 Å². The minimum Gasteiger partial charge on any atom is -0.202 e. The zero-order valence-corrected chi connectivity index (χ0v) is 6.42. The van der Waals surface area contributed by atoms with Gasteiger partial charge in [0.1, 0.15) is 4.47 Å². The SMILES string of the molecule is Fc1nc(F)c(Br)c(F)c1F. The number of hydrogen-bond donors (Lipinski definition) is 0. The van der Waals surface area contributed by atoms with E-state index < -0.39 is 28.0 Å². The summed E-state index contributed by atoms with van der Waals surface area (Å²) in [5.74, 6) is -6.61. The molecule has 0 unspecified atom stereocenters. The van der Waals surface area contributed by atoms with Gasteiger partial charge in [0, 0.05) is 0 Å². The van der Waals surface area contributed by atoms with Crippen molar-refractivity contribution in [2.45, 2.75) is 0 Å². The van der Waals surface area contributed by atoms with Gasteiger partial charge in [0.15, 0.2) is 5.82 Å². The smallest absolute Gasteiger partial charge is 0.202 e. The summed E-state index contributed by atoms with van der Waals surface area (Å²) in [6.45, 7) is 0. The van der Waals surface area contributed by atoms with Crippen molar-refractivity contribution in [2.24, 2.45) is 0 Å². The van der Waals surface area contributed by atoms with Crippen LogP contribution in [-0.2, 0) is 0 Å². The first-order valence-corrected chi connectivity index (χ1v) is 3.19. The molecule has 1 nitrogen and oxygen atoms in total. The summed E-state index contributed by atoms with van der Waals surface area (Å²) in [5, 5.41) is 0. The molecule has 0 aromatic carbocycles. The van der Waals surface area contributed by atoms with Crippen LogP contribution in [0.4, 0.5) is 17.6 Å². The minimum atomic E-state index is -1.79. The summed E-state index contributed by atoms with van der Waals surface area (Å²) in [6, 6.07) is 0. The molecule has 1 aromatic heterocycles. The normalized spacial score (nSPS) is 10.3. The Labute approximate surface area is 67.2 Å². The number of rotatable bonds is 0. The first-order chi connectivity index (χ1) is 5.04. The van der Waals surface area contributed by atoms with Crippen molar-refractivity contribution in [1.82, 2.24) is 4.98 Å². The molecule has 11 heavy (non-hydrogen) atoms. The van der Waals surface area contributed by atoms with E-state index in [0.29, 0.717) is 0 Å². The third-order valence-corrected chi connectivity index (χ3v) is 1.62. The Morgan fingerprint density at radius 3 is 2.00 bits per heavy atom. The Morgan fingerprint density at radius 1 is 0.909 bits per heavy atom. The molecule has 0 saturated heterocycles. The fourth-order valence-corrected chi connectivity index (χ4v) is 0.725. The lowest BCUT2D eigenvalue weighted by Gasteiger charge is -1.96. The molecule has 0 aliphatic carbocycles. The molecular formula is C5BrF4N. The van der Waals surface area contributed by atoms with Gasteiger partial charge in [0.2, 0.25) is 11.8 Å². The van der Waals surface area contributed by atoms with Crippen LogP contribution in [-0.4, -0.2) is 4.98 Å². The second-order valence-electron chi connectivity index (χ2n) is 1.64. The maximum absolute atomic E-state index is 12.3. The van der Waals surface area contributed by atoms with E-state index in [1.54, 1.807) is 0 Å². The van der Waals surface area contributed by atoms with Gasteiger partial charge in [-0.2, -0.15) is 18.2 Å². The Balaban J connectivity index is 3.46. The summed E-state index contributed by atoms with van der Waals surface area (Å²) >= 11 is 2.34. The lowest BCUT2D eigenvalue weighted by atomic mass is 10.4. The number of pyridine rings is 1. The molecule has 0 spiro atoms. The maximum atomic E-state index is 12.3. The molecule has 0 aliphatic rings. The van der Waals surface area contributed by atoms with E-state index in [4.69, 9.17) is 0 Å². The quantitative estimate of drug-likeness (QED) is 0.492. The maximum Gasteiger partial charge on any atom is 0.254 e. The first kappa shape index (κ1) is 8.45. The molecule has 0 bridgehead atoms. The monoisotopic (exact) mass is 229 g/mol. The van der Waals surface area contributed by atoms with E-state index in [-0.39, 0.29) is 0 Å². The molecule has 0 aliphatic heterocycles. The van der Waals surface area contributed by atoms with Crippen LogP contribution in [0.2, 0.25) is 0 Å². The highest BCUT2D eigenvalue weighted by atomic mass is 79.9. The molecule has 1 heterocycles. The summed E-state index contributed by atoms with van der Waals surface area (Å²) in [4.78, 5) is 2.44. The summed E-state index contributed by atoms with van der Waals surface area (Å²) < 4.78 is 47.9. The van der Waals surface area contributed by atoms with E-state index in [0.717, 1.165) is 0 Å². The summed E-state index contributed by atoms with van der Waals surface area (Å²) in [7, 11) is 0. The van der Waals surface area contributed by atoms with Crippen molar-refractivity contribution in [3.63, 3.8) is 0 Å². The molecule has 0 fully saturated rings. The third kappa shape index (κ3) is 1.35. The molecule has 0 N–H and O–H groups in total. The molecular weight excluding hydrogens is 230 g/mol. The molecule has 0 atom stereocenters. The van der Waals surface area contributed by atoms with E-state index >= 15 is 0 Å².